The van der Waals surface area contributed by atoms with Crippen molar-refractivity contribution in [1.82, 2.24) is 10.0 Å². The Morgan fingerprint density at radius 1 is 1.33 bits per heavy atom. The highest BCUT2D eigenvalue weighted by atomic mass is 32.2. The van der Waals surface area contributed by atoms with Crippen LogP contribution >= 0.6 is 11.3 Å². The Morgan fingerprint density at radius 3 is 2.44 bits per heavy atom. The normalized spacial score (nSPS) is 12.9. The third kappa shape index (κ3) is 4.35. The summed E-state index contributed by atoms with van der Waals surface area (Å²) in [5, 5.41) is 3.21. The van der Waals surface area contributed by atoms with Gasteiger partial charge in [-0.15, -0.1) is 11.3 Å². The molecule has 104 valence electrons. The van der Waals surface area contributed by atoms with Gasteiger partial charge < -0.3 is 5.32 Å². The molecule has 0 aromatic carbocycles. The van der Waals surface area contributed by atoms with E-state index in [-0.39, 0.29) is 0 Å². The zero-order chi connectivity index (χ0) is 14.0. The second kappa shape index (κ2) is 5.69. The Hall–Kier alpha value is -0.430. The molecule has 1 heterocycles. The smallest absolute Gasteiger partial charge is 0.250 e. The van der Waals surface area contributed by atoms with Gasteiger partial charge in [-0.1, -0.05) is 6.92 Å². The molecule has 0 amide bonds. The topological polar surface area (TPSA) is 58.2 Å². The van der Waals surface area contributed by atoms with Gasteiger partial charge in [-0.2, -0.15) is 0 Å². The van der Waals surface area contributed by atoms with Crippen molar-refractivity contribution in [2.24, 2.45) is 0 Å². The molecule has 0 fully saturated rings. The van der Waals surface area contributed by atoms with Crippen molar-refractivity contribution in [1.29, 1.82) is 0 Å². The van der Waals surface area contributed by atoms with E-state index in [9.17, 15) is 8.42 Å². The average Bonchev–Trinajstić information content (AvgIpc) is 2.54. The van der Waals surface area contributed by atoms with Crippen LogP contribution in [0.25, 0.3) is 0 Å². The molecule has 0 aliphatic rings. The van der Waals surface area contributed by atoms with Crippen LogP contribution in [0.3, 0.4) is 0 Å². The first kappa shape index (κ1) is 15.6. The van der Waals surface area contributed by atoms with Crippen LogP contribution in [0.5, 0.6) is 0 Å². The zero-order valence-electron chi connectivity index (χ0n) is 11.6. The summed E-state index contributed by atoms with van der Waals surface area (Å²) in [5.74, 6) is 0. The van der Waals surface area contributed by atoms with Crippen LogP contribution in [-0.4, -0.2) is 20.5 Å². The largest absolute Gasteiger partial charge is 0.312 e. The first-order valence-corrected chi connectivity index (χ1v) is 8.29. The maximum Gasteiger partial charge on any atom is 0.250 e. The van der Waals surface area contributed by atoms with E-state index in [2.05, 4.69) is 10.0 Å². The summed E-state index contributed by atoms with van der Waals surface area (Å²) in [6.07, 6.45) is 0. The summed E-state index contributed by atoms with van der Waals surface area (Å²) in [4.78, 5) is 1.08. The number of sulfonamides is 1. The minimum Gasteiger partial charge on any atom is -0.312 e. The third-order valence-electron chi connectivity index (χ3n) is 2.24. The van der Waals surface area contributed by atoms with E-state index in [0.29, 0.717) is 4.21 Å². The van der Waals surface area contributed by atoms with Crippen molar-refractivity contribution in [3.63, 3.8) is 0 Å². The van der Waals surface area contributed by atoms with Gasteiger partial charge in [0.05, 0.1) is 0 Å². The molecule has 1 aromatic heterocycles. The Morgan fingerprint density at radius 2 is 1.94 bits per heavy atom. The second-order valence-corrected chi connectivity index (χ2v) is 8.35. The molecule has 2 N–H and O–H groups in total. The van der Waals surface area contributed by atoms with Crippen LogP contribution in [-0.2, 0) is 16.6 Å². The van der Waals surface area contributed by atoms with Gasteiger partial charge in [-0.25, -0.2) is 13.1 Å². The Balaban J connectivity index is 2.97. The number of thiophene rings is 1. The van der Waals surface area contributed by atoms with Gasteiger partial charge in [0.2, 0.25) is 0 Å². The number of hydrogen-bond acceptors (Lipinski definition) is 4. The molecule has 1 rings (SSSR count). The molecule has 0 aliphatic carbocycles. The van der Waals surface area contributed by atoms with E-state index in [1.165, 1.54) is 11.3 Å². The predicted molar refractivity (Wildman–Crippen MR) is 76.5 cm³/mol. The summed E-state index contributed by atoms with van der Waals surface area (Å²) in [5.41, 5.74) is 0.564. The summed E-state index contributed by atoms with van der Waals surface area (Å²) in [6, 6.07) is 1.74. The third-order valence-corrected chi connectivity index (χ3v) is 5.71. The molecule has 0 bridgehead atoms. The molecule has 18 heavy (non-hydrogen) atoms. The van der Waals surface area contributed by atoms with Gasteiger partial charge in [0.1, 0.15) is 4.21 Å². The number of nitrogens with one attached hydrogen (secondary N) is 2. The average molecular weight is 290 g/mol. The molecule has 0 spiro atoms. The minimum atomic E-state index is -3.40. The summed E-state index contributed by atoms with van der Waals surface area (Å²) in [7, 11) is -3.40. The Bertz CT molecular complexity index is 499. The molecular weight excluding hydrogens is 268 g/mol. The van der Waals surface area contributed by atoms with Crippen molar-refractivity contribution >= 4 is 21.4 Å². The maximum absolute atomic E-state index is 12.2. The molecule has 6 heteroatoms. The van der Waals surface area contributed by atoms with Crippen LogP contribution in [0.4, 0.5) is 0 Å². The fourth-order valence-corrected chi connectivity index (χ4v) is 4.47. The van der Waals surface area contributed by atoms with Crippen LogP contribution in [0.15, 0.2) is 10.3 Å². The van der Waals surface area contributed by atoms with Crippen molar-refractivity contribution < 1.29 is 8.42 Å². The molecule has 1 aromatic rings. The fourth-order valence-electron chi connectivity index (χ4n) is 1.49. The minimum absolute atomic E-state index is 0.392. The Labute approximate surface area is 114 Å². The van der Waals surface area contributed by atoms with Gasteiger partial charge in [0, 0.05) is 17.0 Å². The summed E-state index contributed by atoms with van der Waals surface area (Å²) < 4.78 is 27.4. The van der Waals surface area contributed by atoms with Crippen molar-refractivity contribution in [3.05, 3.63) is 16.5 Å². The summed E-state index contributed by atoms with van der Waals surface area (Å²) in [6.45, 7) is 11.1. The van der Waals surface area contributed by atoms with Crippen LogP contribution < -0.4 is 10.0 Å². The lowest BCUT2D eigenvalue weighted by molar-refractivity contribution is 0.492. The zero-order valence-corrected chi connectivity index (χ0v) is 13.3. The molecule has 0 aliphatic heterocycles. The van der Waals surface area contributed by atoms with Crippen LogP contribution in [0.2, 0.25) is 0 Å². The lowest BCUT2D eigenvalue weighted by Gasteiger charge is -2.19. The number of rotatable bonds is 5. The molecular formula is C12H22N2O2S2. The molecule has 0 unspecified atom stereocenters. The first-order chi connectivity index (χ1) is 8.15. The predicted octanol–water partition coefficient (Wildman–Crippen LogP) is 2.24. The lowest BCUT2D eigenvalue weighted by atomic mass is 10.1. The van der Waals surface area contributed by atoms with Crippen LogP contribution in [0, 0.1) is 6.92 Å². The van der Waals surface area contributed by atoms with Gasteiger partial charge in [-0.3, -0.25) is 0 Å². The monoisotopic (exact) mass is 290 g/mol. The van der Waals surface area contributed by atoms with Gasteiger partial charge >= 0.3 is 0 Å². The van der Waals surface area contributed by atoms with Crippen molar-refractivity contribution in [2.75, 3.05) is 6.54 Å². The highest BCUT2D eigenvalue weighted by Crippen LogP contribution is 2.26. The number of hydrogen-bond donors (Lipinski definition) is 2. The second-order valence-electron chi connectivity index (χ2n) is 5.31. The standard InChI is InChI=1S/C12H22N2O2S2/c1-6-13-8-10-9(2)7-11(17-10)18(15,16)14-12(3,4)5/h7,13-14H,6,8H2,1-5H3. The van der Waals surface area contributed by atoms with E-state index < -0.39 is 15.6 Å². The lowest BCUT2D eigenvalue weighted by Crippen LogP contribution is -2.40. The van der Waals surface area contributed by atoms with Crippen molar-refractivity contribution in [3.8, 4) is 0 Å². The van der Waals surface area contributed by atoms with E-state index in [0.717, 1.165) is 23.5 Å². The maximum atomic E-state index is 12.2. The highest BCUT2D eigenvalue weighted by Gasteiger charge is 2.24. The fraction of sp³-hybridized carbons (Fsp3) is 0.667. The Kier molecular flexibility index (Phi) is 4.94. The molecule has 0 saturated carbocycles. The van der Waals surface area contributed by atoms with Gasteiger partial charge in [0.25, 0.3) is 10.0 Å². The molecule has 0 atom stereocenters. The SMILES string of the molecule is CCNCc1sc(S(=O)(=O)NC(C)(C)C)cc1C. The van der Waals surface area contributed by atoms with Gasteiger partial charge in [-0.05, 0) is 45.9 Å². The van der Waals surface area contributed by atoms with Crippen LogP contribution in [0.1, 0.15) is 38.1 Å². The van der Waals surface area contributed by atoms with E-state index in [1.54, 1.807) is 6.07 Å². The van der Waals surface area contributed by atoms with Gasteiger partial charge in [0.15, 0.2) is 0 Å². The molecule has 4 nitrogen and oxygen atoms in total. The van der Waals surface area contributed by atoms with E-state index >= 15 is 0 Å². The molecule has 0 radical (unpaired) electrons. The van der Waals surface area contributed by atoms with E-state index in [4.69, 9.17) is 0 Å². The molecule has 0 saturated heterocycles. The van der Waals surface area contributed by atoms with E-state index in [1.807, 2.05) is 34.6 Å². The highest BCUT2D eigenvalue weighted by molar-refractivity contribution is 7.91. The summed E-state index contributed by atoms with van der Waals surface area (Å²) >= 11 is 1.33. The quantitative estimate of drug-likeness (QED) is 0.874. The number of aryl methyl sites for hydroxylation is 1. The van der Waals surface area contributed by atoms with Crippen molar-refractivity contribution in [2.45, 2.75) is 50.9 Å². The first-order valence-electron chi connectivity index (χ1n) is 5.99.